The van der Waals surface area contributed by atoms with E-state index >= 15 is 0 Å². The Hall–Kier alpha value is -2.15. The van der Waals surface area contributed by atoms with E-state index in [0.29, 0.717) is 0 Å². The summed E-state index contributed by atoms with van der Waals surface area (Å²) in [5, 5.41) is 13.0. The van der Waals surface area contributed by atoms with Crippen molar-refractivity contribution < 1.29 is 14.6 Å². The fourth-order valence-electron chi connectivity index (χ4n) is 1.15. The zero-order valence-electron chi connectivity index (χ0n) is 11.1. The van der Waals surface area contributed by atoms with Gasteiger partial charge in [-0.2, -0.15) is 0 Å². The summed E-state index contributed by atoms with van der Waals surface area (Å²) < 4.78 is 0. The van der Waals surface area contributed by atoms with Crippen LogP contribution in [0.2, 0.25) is 0 Å². The lowest BCUT2D eigenvalue weighted by atomic mass is 10.2. The van der Waals surface area contributed by atoms with Gasteiger partial charge in [-0.05, 0) is 26.3 Å². The van der Waals surface area contributed by atoms with E-state index in [9.17, 15) is 14.9 Å². The summed E-state index contributed by atoms with van der Waals surface area (Å²) in [6.45, 7) is 5.69. The van der Waals surface area contributed by atoms with Crippen LogP contribution in [0, 0.1) is 10.1 Å². The summed E-state index contributed by atoms with van der Waals surface area (Å²) in [7, 11) is 0. The highest BCUT2D eigenvalue weighted by Crippen LogP contribution is 2.11. The molecule has 0 bridgehead atoms. The van der Waals surface area contributed by atoms with Gasteiger partial charge in [0.05, 0.1) is 10.5 Å². The Labute approximate surface area is 111 Å². The van der Waals surface area contributed by atoms with Crippen molar-refractivity contribution in [3.63, 3.8) is 0 Å². The number of non-ortho nitro benzene ring substituents is 1. The first kappa shape index (κ1) is 14.9. The molecule has 0 saturated heterocycles. The van der Waals surface area contributed by atoms with Crippen LogP contribution in [0.1, 0.15) is 26.3 Å². The molecule has 2 N–H and O–H groups in total. The van der Waals surface area contributed by atoms with Gasteiger partial charge in [0.2, 0.25) is 0 Å². The van der Waals surface area contributed by atoms with Crippen LogP contribution >= 0.6 is 0 Å². The molecule has 0 spiro atoms. The molecule has 0 heterocycles. The van der Waals surface area contributed by atoms with Crippen LogP contribution in [-0.4, -0.2) is 16.6 Å². The molecule has 7 heteroatoms. The third-order valence-electron chi connectivity index (χ3n) is 2.05. The van der Waals surface area contributed by atoms with Gasteiger partial charge in [0.15, 0.2) is 0 Å². The first-order valence-electron chi connectivity index (χ1n) is 5.73. The van der Waals surface area contributed by atoms with Gasteiger partial charge in [0.25, 0.3) is 5.69 Å². The number of nitro benzene ring substituents is 1. The van der Waals surface area contributed by atoms with Gasteiger partial charge in [-0.15, -0.1) is 0 Å². The monoisotopic (exact) mass is 267 g/mol. The number of urea groups is 1. The maximum Gasteiger partial charge on any atom is 0.338 e. The highest BCUT2D eigenvalue weighted by Gasteiger charge is 2.12. The molecule has 0 radical (unpaired) electrons. The molecule has 0 aromatic heterocycles. The minimum Gasteiger partial charge on any atom is -0.332 e. The zero-order chi connectivity index (χ0) is 14.5. The fraction of sp³-hybridized carbons (Fsp3) is 0.417. The second kappa shape index (κ2) is 6.14. The van der Waals surface area contributed by atoms with Crippen LogP contribution < -0.4 is 10.8 Å². The number of hydrogen-bond acceptors (Lipinski definition) is 4. The van der Waals surface area contributed by atoms with Gasteiger partial charge < -0.3 is 5.32 Å². The number of nitrogens with one attached hydrogen (secondary N) is 2. The normalized spacial score (nSPS) is 10.9. The van der Waals surface area contributed by atoms with Crippen LogP contribution in [0.3, 0.4) is 0 Å². The third kappa shape index (κ3) is 5.82. The molecule has 0 aliphatic rings. The van der Waals surface area contributed by atoms with E-state index in [2.05, 4.69) is 10.8 Å². The number of nitro groups is 1. The van der Waals surface area contributed by atoms with Crippen molar-refractivity contribution in [3.05, 3.63) is 39.9 Å². The van der Waals surface area contributed by atoms with Crippen molar-refractivity contribution in [1.82, 2.24) is 10.8 Å². The van der Waals surface area contributed by atoms with E-state index in [1.807, 2.05) is 20.8 Å². The Morgan fingerprint density at radius 1 is 1.32 bits per heavy atom. The van der Waals surface area contributed by atoms with Crippen LogP contribution in [-0.2, 0) is 11.4 Å². The van der Waals surface area contributed by atoms with E-state index in [-0.39, 0.29) is 12.2 Å². The summed E-state index contributed by atoms with van der Waals surface area (Å²) in [6.07, 6.45) is 0. The SMILES string of the molecule is CC(C)(C)ONC(=O)NCc1ccc([N+](=O)[O-])cc1. The number of carbonyl (C=O) groups is 1. The van der Waals surface area contributed by atoms with E-state index in [1.165, 1.54) is 12.1 Å². The Balaban J connectivity index is 2.40. The summed E-state index contributed by atoms with van der Waals surface area (Å²) >= 11 is 0. The molecule has 104 valence electrons. The lowest BCUT2D eigenvalue weighted by Gasteiger charge is -2.19. The minimum absolute atomic E-state index is 0.0178. The van der Waals surface area contributed by atoms with Gasteiger partial charge in [-0.1, -0.05) is 12.1 Å². The maximum absolute atomic E-state index is 11.4. The molecule has 1 aromatic rings. The van der Waals surface area contributed by atoms with Crippen LogP contribution in [0.15, 0.2) is 24.3 Å². The summed E-state index contributed by atoms with van der Waals surface area (Å²) in [5.74, 6) is 0. The van der Waals surface area contributed by atoms with Gasteiger partial charge in [0.1, 0.15) is 0 Å². The molecule has 0 saturated carbocycles. The standard InChI is InChI=1S/C12H17N3O4/c1-12(2,3)19-14-11(16)13-8-9-4-6-10(7-5-9)15(17)18/h4-7H,8H2,1-3H3,(H2,13,14,16). The van der Waals surface area contributed by atoms with Crippen LogP contribution in [0.5, 0.6) is 0 Å². The maximum atomic E-state index is 11.4. The first-order chi connectivity index (χ1) is 8.78. The smallest absolute Gasteiger partial charge is 0.332 e. The van der Waals surface area contributed by atoms with E-state index < -0.39 is 16.6 Å². The van der Waals surface area contributed by atoms with Crippen LogP contribution in [0.25, 0.3) is 0 Å². The predicted molar refractivity (Wildman–Crippen MR) is 69.3 cm³/mol. The Kier molecular flexibility index (Phi) is 4.82. The van der Waals surface area contributed by atoms with Gasteiger partial charge >= 0.3 is 6.03 Å². The predicted octanol–water partition coefficient (Wildman–Crippen LogP) is 2.12. The molecule has 0 unspecified atom stereocenters. The Morgan fingerprint density at radius 2 is 1.89 bits per heavy atom. The highest BCUT2D eigenvalue weighted by molar-refractivity contribution is 5.72. The Morgan fingerprint density at radius 3 is 2.37 bits per heavy atom. The quantitative estimate of drug-likeness (QED) is 0.645. The highest BCUT2D eigenvalue weighted by atomic mass is 16.7. The molecule has 1 aromatic carbocycles. The molecule has 0 aliphatic heterocycles. The lowest BCUT2D eigenvalue weighted by molar-refractivity contribution is -0.384. The fourth-order valence-corrected chi connectivity index (χ4v) is 1.15. The number of amides is 2. The number of rotatable bonds is 4. The van der Waals surface area contributed by atoms with Crippen molar-refractivity contribution in [3.8, 4) is 0 Å². The molecule has 1 rings (SSSR count). The topological polar surface area (TPSA) is 93.5 Å². The average Bonchev–Trinajstić information content (AvgIpc) is 2.33. The van der Waals surface area contributed by atoms with E-state index in [0.717, 1.165) is 5.56 Å². The second-order valence-corrected chi connectivity index (χ2v) is 4.92. The average molecular weight is 267 g/mol. The molecule has 19 heavy (non-hydrogen) atoms. The van der Waals surface area contributed by atoms with Crippen LogP contribution in [0.4, 0.5) is 10.5 Å². The third-order valence-corrected chi connectivity index (χ3v) is 2.05. The second-order valence-electron chi connectivity index (χ2n) is 4.92. The van der Waals surface area contributed by atoms with Crippen molar-refractivity contribution in [1.29, 1.82) is 0 Å². The lowest BCUT2D eigenvalue weighted by Crippen LogP contribution is -2.39. The number of hydrogen-bond donors (Lipinski definition) is 2. The van der Waals surface area contributed by atoms with Crippen molar-refractivity contribution in [2.75, 3.05) is 0 Å². The molecule has 7 nitrogen and oxygen atoms in total. The van der Waals surface area contributed by atoms with Crippen molar-refractivity contribution >= 4 is 11.7 Å². The molecule has 2 amide bonds. The first-order valence-corrected chi connectivity index (χ1v) is 5.73. The summed E-state index contributed by atoms with van der Waals surface area (Å²) in [6, 6.07) is 5.49. The number of nitrogens with zero attached hydrogens (tertiary/aromatic N) is 1. The van der Waals surface area contributed by atoms with Gasteiger partial charge in [-0.3, -0.25) is 15.0 Å². The molecular weight excluding hydrogens is 250 g/mol. The Bertz CT molecular complexity index is 451. The summed E-state index contributed by atoms with van der Waals surface area (Å²) in [4.78, 5) is 26.5. The number of carbonyl (C=O) groups excluding carboxylic acids is 1. The zero-order valence-corrected chi connectivity index (χ0v) is 11.1. The molecule has 0 atom stereocenters. The van der Waals surface area contributed by atoms with Crippen molar-refractivity contribution in [2.45, 2.75) is 32.9 Å². The van der Waals surface area contributed by atoms with Crippen molar-refractivity contribution in [2.24, 2.45) is 0 Å². The number of hydroxylamine groups is 1. The summed E-state index contributed by atoms with van der Waals surface area (Å²) in [5.41, 5.74) is 2.58. The van der Waals surface area contributed by atoms with Gasteiger partial charge in [0, 0.05) is 18.7 Å². The number of benzene rings is 1. The van der Waals surface area contributed by atoms with E-state index in [4.69, 9.17) is 4.84 Å². The molecule has 0 aliphatic carbocycles. The van der Waals surface area contributed by atoms with E-state index in [1.54, 1.807) is 12.1 Å². The minimum atomic E-state index is -0.471. The van der Waals surface area contributed by atoms with Gasteiger partial charge in [-0.25, -0.2) is 10.3 Å². The molecular formula is C12H17N3O4. The molecule has 0 fully saturated rings. The largest absolute Gasteiger partial charge is 0.338 e.